The molecular weight excluding hydrogens is 617 g/mol. The van der Waals surface area contributed by atoms with Crippen molar-refractivity contribution in [3.63, 3.8) is 0 Å². The Morgan fingerprint density at radius 2 is 1.57 bits per heavy atom. The second-order valence-electron chi connectivity index (χ2n) is 10.6. The van der Waals surface area contributed by atoms with Crippen LogP contribution in [-0.4, -0.2) is 44.3 Å². The minimum atomic E-state index is -4.21. The molecule has 0 fully saturated rings. The second kappa shape index (κ2) is 14.6. The van der Waals surface area contributed by atoms with E-state index in [-0.39, 0.29) is 29.0 Å². The minimum Gasteiger partial charge on any atom is -0.354 e. The second-order valence-corrected chi connectivity index (χ2v) is 13.7. The van der Waals surface area contributed by atoms with E-state index in [1.54, 1.807) is 56.3 Å². The van der Waals surface area contributed by atoms with Gasteiger partial charge in [0.2, 0.25) is 11.8 Å². The van der Waals surface area contributed by atoms with E-state index >= 15 is 0 Å². The monoisotopic (exact) mass is 651 g/mol. The number of halogens is 3. The largest absolute Gasteiger partial charge is 0.354 e. The van der Waals surface area contributed by atoms with Gasteiger partial charge in [-0.05, 0) is 73.7 Å². The van der Waals surface area contributed by atoms with Gasteiger partial charge in [-0.3, -0.25) is 13.9 Å². The topological polar surface area (TPSA) is 86.8 Å². The summed E-state index contributed by atoms with van der Waals surface area (Å²) in [6, 6.07) is 15.2. The number of carbonyl (C=O) groups is 2. The molecule has 3 aromatic carbocycles. The number of anilines is 1. The highest BCUT2D eigenvalue weighted by Gasteiger charge is 2.34. The highest BCUT2D eigenvalue weighted by molar-refractivity contribution is 7.92. The summed E-state index contributed by atoms with van der Waals surface area (Å²) in [6.45, 7) is 9.21. The van der Waals surface area contributed by atoms with Crippen molar-refractivity contribution < 1.29 is 18.0 Å². The number of rotatable bonds is 12. The summed E-state index contributed by atoms with van der Waals surface area (Å²) < 4.78 is 29.0. The number of nitrogens with zero attached hydrogens (tertiary/aromatic N) is 2. The predicted octanol–water partition coefficient (Wildman–Crippen LogP) is 7.04. The van der Waals surface area contributed by atoms with Gasteiger partial charge >= 0.3 is 0 Å². The fourth-order valence-electron chi connectivity index (χ4n) is 4.28. The summed E-state index contributed by atoms with van der Waals surface area (Å²) in [7, 11) is -4.21. The summed E-state index contributed by atoms with van der Waals surface area (Å²) in [5.41, 5.74) is 2.43. The number of benzene rings is 3. The lowest BCUT2D eigenvalue weighted by molar-refractivity contribution is -0.140. The number of hydrogen-bond donors (Lipinski definition) is 1. The summed E-state index contributed by atoms with van der Waals surface area (Å²) in [5, 5.41) is 4.01. The lowest BCUT2D eigenvalue weighted by Gasteiger charge is -2.33. The van der Waals surface area contributed by atoms with E-state index in [0.29, 0.717) is 33.6 Å². The van der Waals surface area contributed by atoms with Crippen molar-refractivity contribution in [2.75, 3.05) is 17.4 Å². The first-order valence-electron chi connectivity index (χ1n) is 13.6. The van der Waals surface area contributed by atoms with Crippen LogP contribution < -0.4 is 9.62 Å². The van der Waals surface area contributed by atoms with Crippen LogP contribution in [0.2, 0.25) is 15.1 Å². The molecule has 0 aliphatic heterocycles. The van der Waals surface area contributed by atoms with E-state index in [2.05, 4.69) is 5.32 Å². The zero-order valence-electron chi connectivity index (χ0n) is 24.3. The van der Waals surface area contributed by atoms with Crippen LogP contribution in [0.15, 0.2) is 65.6 Å². The van der Waals surface area contributed by atoms with Gasteiger partial charge in [0.25, 0.3) is 10.0 Å². The Kier molecular flexibility index (Phi) is 11.7. The highest BCUT2D eigenvalue weighted by Crippen LogP contribution is 2.29. The van der Waals surface area contributed by atoms with Crippen molar-refractivity contribution in [3.8, 4) is 0 Å². The smallest absolute Gasteiger partial charge is 0.264 e. The van der Waals surface area contributed by atoms with E-state index in [1.807, 2.05) is 20.8 Å². The van der Waals surface area contributed by atoms with Crippen LogP contribution in [-0.2, 0) is 26.2 Å². The molecule has 0 unspecified atom stereocenters. The van der Waals surface area contributed by atoms with Gasteiger partial charge in [0, 0.05) is 28.2 Å². The Bertz CT molecular complexity index is 1530. The number of sulfonamides is 1. The van der Waals surface area contributed by atoms with Crippen molar-refractivity contribution in [1.29, 1.82) is 0 Å². The van der Waals surface area contributed by atoms with Crippen LogP contribution in [0.5, 0.6) is 0 Å². The number of amides is 2. The third kappa shape index (κ3) is 8.40. The molecule has 0 bridgehead atoms. The molecule has 7 nitrogen and oxygen atoms in total. The first kappa shape index (κ1) is 33.7. The van der Waals surface area contributed by atoms with Gasteiger partial charge in [-0.2, -0.15) is 0 Å². The molecule has 0 radical (unpaired) electrons. The first-order valence-corrected chi connectivity index (χ1v) is 16.2. The zero-order valence-corrected chi connectivity index (χ0v) is 27.4. The lowest BCUT2D eigenvalue weighted by Crippen LogP contribution is -2.52. The highest BCUT2D eigenvalue weighted by atomic mass is 35.5. The standard InChI is InChI=1S/C31H36Cl3N3O4S/c1-6-29(31(39)35-17-20(2)3)36(18-23-10-11-24(32)15-28(23)34)30(38)19-37(25-12-9-22(5)27(33)16-25)42(40,41)26-13-7-21(4)8-14-26/h7-16,20,29H,6,17-19H2,1-5H3,(H,35,39)/t29-/m0/s1. The van der Waals surface area contributed by atoms with Crippen molar-refractivity contribution in [2.24, 2.45) is 5.92 Å². The Morgan fingerprint density at radius 3 is 2.14 bits per heavy atom. The van der Waals surface area contributed by atoms with Gasteiger partial charge in [-0.25, -0.2) is 8.42 Å². The molecule has 42 heavy (non-hydrogen) atoms. The van der Waals surface area contributed by atoms with Crippen LogP contribution >= 0.6 is 34.8 Å². The van der Waals surface area contributed by atoms with E-state index in [0.717, 1.165) is 15.4 Å². The molecule has 226 valence electrons. The molecule has 1 atom stereocenters. The molecule has 1 N–H and O–H groups in total. The third-order valence-electron chi connectivity index (χ3n) is 6.76. The summed E-state index contributed by atoms with van der Waals surface area (Å²) in [4.78, 5) is 28.9. The summed E-state index contributed by atoms with van der Waals surface area (Å²) >= 11 is 18.9. The van der Waals surface area contributed by atoms with Crippen LogP contribution in [0.1, 0.15) is 43.9 Å². The van der Waals surface area contributed by atoms with E-state index in [1.165, 1.54) is 23.1 Å². The lowest BCUT2D eigenvalue weighted by atomic mass is 10.1. The van der Waals surface area contributed by atoms with Crippen LogP contribution in [0.3, 0.4) is 0 Å². The SMILES string of the molecule is CC[C@@H](C(=O)NCC(C)C)N(Cc1ccc(Cl)cc1Cl)C(=O)CN(c1ccc(C)c(Cl)c1)S(=O)(=O)c1ccc(C)cc1. The number of hydrogen-bond acceptors (Lipinski definition) is 4. The molecular formula is C31H36Cl3N3O4S. The number of nitrogens with one attached hydrogen (secondary N) is 1. The molecule has 0 aliphatic carbocycles. The Balaban J connectivity index is 2.09. The van der Waals surface area contributed by atoms with Gasteiger partial charge in [-0.1, -0.05) is 85.4 Å². The summed E-state index contributed by atoms with van der Waals surface area (Å²) in [6.07, 6.45) is 0.294. The van der Waals surface area contributed by atoms with Gasteiger partial charge in [0.05, 0.1) is 10.6 Å². The van der Waals surface area contributed by atoms with Gasteiger partial charge < -0.3 is 10.2 Å². The molecule has 0 spiro atoms. The zero-order chi connectivity index (χ0) is 31.2. The quantitative estimate of drug-likeness (QED) is 0.227. The predicted molar refractivity (Wildman–Crippen MR) is 171 cm³/mol. The molecule has 0 saturated heterocycles. The third-order valence-corrected chi connectivity index (χ3v) is 9.54. The van der Waals surface area contributed by atoms with Crippen molar-refractivity contribution in [2.45, 2.75) is 58.5 Å². The van der Waals surface area contributed by atoms with Crippen molar-refractivity contribution in [3.05, 3.63) is 92.4 Å². The molecule has 0 aliphatic rings. The maximum absolute atomic E-state index is 14.2. The molecule has 0 saturated carbocycles. The average Bonchev–Trinajstić information content (AvgIpc) is 2.93. The normalized spacial score (nSPS) is 12.2. The fourth-order valence-corrected chi connectivity index (χ4v) is 6.33. The molecule has 0 aromatic heterocycles. The number of carbonyl (C=O) groups excluding carboxylic acids is 2. The Labute approximate surface area is 263 Å². The average molecular weight is 653 g/mol. The van der Waals surface area contributed by atoms with Crippen LogP contribution in [0.4, 0.5) is 5.69 Å². The van der Waals surface area contributed by atoms with Gasteiger partial charge in [0.1, 0.15) is 12.6 Å². The van der Waals surface area contributed by atoms with Crippen molar-refractivity contribution >= 4 is 62.3 Å². The molecule has 3 aromatic rings. The Morgan fingerprint density at radius 1 is 0.905 bits per heavy atom. The fraction of sp³-hybridized carbons (Fsp3) is 0.355. The van der Waals surface area contributed by atoms with E-state index < -0.39 is 28.5 Å². The molecule has 0 heterocycles. The Hall–Kier alpha value is -2.78. The maximum Gasteiger partial charge on any atom is 0.264 e. The minimum absolute atomic E-state index is 0.0200. The van der Waals surface area contributed by atoms with Gasteiger partial charge in [0.15, 0.2) is 0 Å². The summed E-state index contributed by atoms with van der Waals surface area (Å²) in [5.74, 6) is -0.723. The first-order chi connectivity index (χ1) is 19.7. The van der Waals surface area contributed by atoms with Crippen LogP contribution in [0, 0.1) is 19.8 Å². The maximum atomic E-state index is 14.2. The number of aryl methyl sites for hydroxylation is 2. The van der Waals surface area contributed by atoms with E-state index in [4.69, 9.17) is 34.8 Å². The van der Waals surface area contributed by atoms with Gasteiger partial charge in [-0.15, -0.1) is 0 Å². The van der Waals surface area contributed by atoms with Crippen LogP contribution in [0.25, 0.3) is 0 Å². The molecule has 3 rings (SSSR count). The van der Waals surface area contributed by atoms with E-state index in [9.17, 15) is 18.0 Å². The molecule has 2 amide bonds. The van der Waals surface area contributed by atoms with Crippen molar-refractivity contribution in [1.82, 2.24) is 10.2 Å². The molecule has 11 heteroatoms.